The highest BCUT2D eigenvalue weighted by atomic mass is 35.5. The molecule has 1 aromatic carbocycles. The average Bonchev–Trinajstić information content (AvgIpc) is 2.20. The van der Waals surface area contributed by atoms with Gasteiger partial charge in [0.15, 0.2) is 11.5 Å². The van der Waals surface area contributed by atoms with E-state index in [2.05, 4.69) is 0 Å². The van der Waals surface area contributed by atoms with E-state index >= 15 is 0 Å². The fourth-order valence-electron chi connectivity index (χ4n) is 1.29. The Morgan fingerprint density at radius 2 is 1.87 bits per heavy atom. The first-order valence-corrected chi connectivity index (χ1v) is 4.23. The van der Waals surface area contributed by atoms with Crippen molar-refractivity contribution in [1.82, 2.24) is 0 Å². The van der Waals surface area contributed by atoms with E-state index in [-0.39, 0.29) is 23.9 Å². The molecule has 0 aromatic heterocycles. The molecular weight excluding hydrogens is 214 g/mol. The second kappa shape index (κ2) is 6.53. The van der Waals surface area contributed by atoms with Gasteiger partial charge in [0, 0.05) is 0 Å². The predicted octanol–water partition coefficient (Wildman–Crippen LogP) is 1.94. The van der Waals surface area contributed by atoms with Crippen LogP contribution >= 0.6 is 12.4 Å². The van der Waals surface area contributed by atoms with Gasteiger partial charge in [-0.1, -0.05) is 0 Å². The molecule has 4 heteroatoms. The van der Waals surface area contributed by atoms with Gasteiger partial charge in [-0.15, -0.1) is 12.4 Å². The fraction of sp³-hybridized carbons (Fsp3) is 0.455. The molecule has 0 spiro atoms. The summed E-state index contributed by atoms with van der Waals surface area (Å²) in [6.07, 6.45) is 0.525. The van der Waals surface area contributed by atoms with Crippen molar-refractivity contribution in [3.8, 4) is 11.5 Å². The number of hydrogen-bond donors (Lipinski definition) is 1. The van der Waals surface area contributed by atoms with Crippen LogP contribution in [0.15, 0.2) is 12.1 Å². The first-order chi connectivity index (χ1) is 9.02. The summed E-state index contributed by atoms with van der Waals surface area (Å²) in [6.45, 7) is 2.14. The number of methoxy groups -OCH3 is 2. The summed E-state index contributed by atoms with van der Waals surface area (Å²) >= 11 is 0. The lowest BCUT2D eigenvalue weighted by Gasteiger charge is -2.11. The van der Waals surface area contributed by atoms with E-state index in [0.717, 1.165) is 11.1 Å². The van der Waals surface area contributed by atoms with E-state index in [4.69, 9.17) is 23.4 Å². The van der Waals surface area contributed by atoms with Gasteiger partial charge >= 0.3 is 0 Å². The molecule has 2 N–H and O–H groups in total. The molecule has 1 aromatic rings. The largest absolute Gasteiger partial charge is 0.493 e. The Bertz CT molecular complexity index is 475. The molecule has 1 rings (SSSR count). The molecule has 3 nitrogen and oxygen atoms in total. The Hall–Kier alpha value is -0.930. The number of ether oxygens (including phenoxy) is 2. The molecule has 0 aliphatic carbocycles. The molecule has 0 fully saturated rings. The molecule has 0 amide bonds. The van der Waals surface area contributed by atoms with Gasteiger partial charge in [0.25, 0.3) is 0 Å². The van der Waals surface area contributed by atoms with Crippen molar-refractivity contribution < 1.29 is 17.7 Å². The van der Waals surface area contributed by atoms with Gasteiger partial charge in [0.05, 0.1) is 22.3 Å². The summed E-state index contributed by atoms with van der Waals surface area (Å²) in [5.41, 5.74) is 7.01. The van der Waals surface area contributed by atoms with Crippen LogP contribution in [0.1, 0.15) is 19.4 Å². The van der Waals surface area contributed by atoms with Crippen LogP contribution in [0.3, 0.4) is 0 Å². The molecule has 0 radical (unpaired) electrons. The van der Waals surface area contributed by atoms with Gasteiger partial charge in [0.2, 0.25) is 0 Å². The van der Waals surface area contributed by atoms with E-state index in [0.29, 0.717) is 13.0 Å². The van der Waals surface area contributed by atoms with Crippen molar-refractivity contribution in [1.29, 1.82) is 0 Å². The molecule has 0 saturated carbocycles. The van der Waals surface area contributed by atoms with Crippen molar-refractivity contribution in [2.24, 2.45) is 5.73 Å². The van der Waals surface area contributed by atoms with Crippen LogP contribution < -0.4 is 15.2 Å². The fourth-order valence-corrected chi connectivity index (χ4v) is 1.29. The second-order valence-electron chi connectivity index (χ2n) is 2.97. The lowest BCUT2D eigenvalue weighted by Crippen LogP contribution is -2.05. The highest BCUT2D eigenvalue weighted by Crippen LogP contribution is 2.30. The van der Waals surface area contributed by atoms with Crippen molar-refractivity contribution >= 4 is 12.4 Å². The topological polar surface area (TPSA) is 44.5 Å². The molecule has 0 unspecified atom stereocenters. The maximum Gasteiger partial charge on any atom is 0.161 e. The van der Waals surface area contributed by atoms with Crippen molar-refractivity contribution in [2.75, 3.05) is 20.6 Å². The number of rotatable bonds is 4. The zero-order chi connectivity index (χ0) is 15.6. The monoisotopic (exact) mass is 237 g/mol. The zero-order valence-corrected chi connectivity index (χ0v) is 9.19. The minimum atomic E-state index is -2.69. The molecule has 0 heterocycles. The number of benzene rings is 1. The lowest BCUT2D eigenvalue weighted by molar-refractivity contribution is 0.354. The Balaban J connectivity index is 0.00000400. The smallest absolute Gasteiger partial charge is 0.161 e. The predicted molar refractivity (Wildman–Crippen MR) is 64.3 cm³/mol. The third-order valence-corrected chi connectivity index (χ3v) is 2.04. The summed E-state index contributed by atoms with van der Waals surface area (Å²) in [4.78, 5) is 0. The van der Waals surface area contributed by atoms with Gasteiger partial charge in [-0.3, -0.25) is 0 Å². The number of nitrogens with two attached hydrogens (primary N) is 1. The van der Waals surface area contributed by atoms with Crippen LogP contribution in [0.2, 0.25) is 0 Å². The van der Waals surface area contributed by atoms with Gasteiger partial charge in [-0.25, -0.2) is 0 Å². The quantitative estimate of drug-likeness (QED) is 0.871. The highest BCUT2D eigenvalue weighted by molar-refractivity contribution is 5.85. The van der Waals surface area contributed by atoms with Crippen molar-refractivity contribution in [3.63, 3.8) is 0 Å². The Morgan fingerprint density at radius 3 is 2.40 bits per heavy atom. The lowest BCUT2D eigenvalue weighted by atomic mass is 10.0. The van der Waals surface area contributed by atoms with E-state index in [1.807, 2.05) is 0 Å². The third kappa shape index (κ3) is 3.29. The van der Waals surface area contributed by atoms with Crippen molar-refractivity contribution in [3.05, 3.63) is 23.3 Å². The normalized spacial score (nSPS) is 16.9. The van der Waals surface area contributed by atoms with Gasteiger partial charge in [0.1, 0.15) is 0 Å². The van der Waals surface area contributed by atoms with Gasteiger partial charge in [-0.05, 0) is 43.1 Å². The third-order valence-electron chi connectivity index (χ3n) is 2.04. The van der Waals surface area contributed by atoms with Crippen LogP contribution in [0.5, 0.6) is 11.5 Å². The number of halogens is 1. The summed E-state index contributed by atoms with van der Waals surface area (Å²) in [5.74, 6) is -0.255. The molecule has 0 aliphatic rings. The number of aryl methyl sites for hydroxylation is 1. The maximum atomic E-state index is 7.11. The molecular formula is C11H18ClNO2. The second-order valence-corrected chi connectivity index (χ2v) is 2.97. The zero-order valence-electron chi connectivity index (χ0n) is 14.4. The summed E-state index contributed by atoms with van der Waals surface area (Å²) in [7, 11) is -5.38. The first-order valence-electron chi connectivity index (χ1n) is 7.23. The molecule has 15 heavy (non-hydrogen) atoms. The highest BCUT2D eigenvalue weighted by Gasteiger charge is 2.07. The van der Waals surface area contributed by atoms with Gasteiger partial charge < -0.3 is 15.2 Å². The van der Waals surface area contributed by atoms with E-state index in [9.17, 15) is 0 Å². The average molecular weight is 238 g/mol. The minimum Gasteiger partial charge on any atom is -0.493 e. The van der Waals surface area contributed by atoms with Crippen LogP contribution in [0.25, 0.3) is 0 Å². The van der Waals surface area contributed by atoms with Gasteiger partial charge in [-0.2, -0.15) is 0 Å². The molecule has 0 saturated heterocycles. The Kier molecular flexibility index (Phi) is 2.88. The standard InChI is InChI=1S/C11H17NO2.ClH/c1-8-6-10(13-2)11(14-3)7-9(8)4-5-12;/h6-7H,4-5,12H2,1-3H3;1H/i2D3,3D3;. The summed E-state index contributed by atoms with van der Waals surface area (Å²) in [5, 5.41) is 0. The molecule has 0 aliphatic heterocycles. The summed E-state index contributed by atoms with van der Waals surface area (Å²) in [6, 6.07) is 2.90. The van der Waals surface area contributed by atoms with E-state index in [1.54, 1.807) is 6.92 Å². The van der Waals surface area contributed by atoms with E-state index in [1.165, 1.54) is 12.1 Å². The molecule has 0 atom stereocenters. The SMILES string of the molecule is Cl.[2H]C([2H])([2H])Oc1cc(C)c(CCN)cc1OC([2H])([2H])[2H]. The van der Waals surface area contributed by atoms with Crippen LogP contribution in [-0.2, 0) is 6.42 Å². The molecule has 0 bridgehead atoms. The molecule has 86 valence electrons. The summed E-state index contributed by atoms with van der Waals surface area (Å²) < 4.78 is 52.2. The van der Waals surface area contributed by atoms with Crippen molar-refractivity contribution in [2.45, 2.75) is 13.3 Å². The van der Waals surface area contributed by atoms with E-state index < -0.39 is 14.1 Å². The van der Waals surface area contributed by atoms with Crippen LogP contribution in [0.4, 0.5) is 0 Å². The minimum absolute atomic E-state index is 0. The Morgan fingerprint density at radius 1 is 1.27 bits per heavy atom. The van der Waals surface area contributed by atoms with Crippen LogP contribution in [-0.4, -0.2) is 20.6 Å². The maximum absolute atomic E-state index is 7.11. The Labute approximate surface area is 105 Å². The van der Waals surface area contributed by atoms with Crippen LogP contribution in [0, 0.1) is 6.92 Å². The first kappa shape index (κ1) is 6.61. The number of hydrogen-bond acceptors (Lipinski definition) is 3.